The molecule has 1 nitrogen and oxygen atoms in total. The predicted octanol–water partition coefficient (Wildman–Crippen LogP) is 11.8. The third kappa shape index (κ3) is 7.05. The molecule has 322 valence electrons. The maximum absolute atomic E-state index is 16.3. The molecule has 0 N–H and O–H groups in total. The van der Waals surface area contributed by atoms with Gasteiger partial charge in [0.25, 0.3) is 10.8 Å². The maximum atomic E-state index is 16.3. The summed E-state index contributed by atoms with van der Waals surface area (Å²) in [5, 5.41) is 0. The number of rotatable bonds is 7. The minimum atomic E-state index is -8.97. The van der Waals surface area contributed by atoms with Gasteiger partial charge in [0.1, 0.15) is 17.6 Å². The molecular weight excluding hydrogens is 894 g/mol. The Bertz CT molecular complexity index is 1630. The molecule has 1 aliphatic carbocycles. The zero-order valence-electron chi connectivity index (χ0n) is 25.8. The average molecular weight is 904 g/mol. The van der Waals surface area contributed by atoms with E-state index in [0.29, 0.717) is 0 Å². The summed E-state index contributed by atoms with van der Waals surface area (Å²) in [5.74, 6) is -38.0. The molecule has 2 unspecified atom stereocenters. The maximum Gasteiger partial charge on any atom is 0.766 e. The van der Waals surface area contributed by atoms with E-state index in [2.05, 4.69) is 3.79 Å². The van der Waals surface area contributed by atoms with Crippen molar-refractivity contribution in [3.05, 3.63) is 51.9 Å². The molecule has 0 aliphatic heterocycles. The normalized spacial score (nSPS) is 20.5. The molecule has 1 aromatic rings. The molecule has 0 aromatic heterocycles. The van der Waals surface area contributed by atoms with Crippen LogP contribution in [0.25, 0.3) is 0 Å². The molecule has 0 fully saturated rings. The Hall–Kier alpha value is -2.84. The van der Waals surface area contributed by atoms with Crippen LogP contribution in [0, 0.1) is 51.8 Å². The van der Waals surface area contributed by atoms with Gasteiger partial charge in [-0.15, -0.1) is 0 Å². The Labute approximate surface area is 293 Å². The standard InChI is InChI=1S/C19H10F23O.C6F5.Al.FH/c1-4(2)3-10(43)8(12(17(34,35)36,18(37,38)39)19(40,41)42)6(20)5(7(21)9(10)13(22,23)24)11(14(25,26)27,15(28,29)30)16(31,32)33;7-2-1-3(8)5(10)6(11)4(2)9;;/h4,9H,3H2,1-2H3;;;1H/q-1;;+2;/p-1. The van der Waals surface area contributed by atoms with E-state index >= 15 is 12.3 Å². The highest BCUT2D eigenvalue weighted by Crippen LogP contribution is 2.74. The molecule has 0 bridgehead atoms. The Kier molecular flexibility index (Phi) is 12.5. The number of allylic oxidation sites excluding steroid dienone is 2. The van der Waals surface area contributed by atoms with Gasteiger partial charge in [-0.3, -0.25) is 0 Å². The van der Waals surface area contributed by atoms with Crippen LogP contribution in [0.1, 0.15) is 20.3 Å². The lowest BCUT2D eigenvalue weighted by molar-refractivity contribution is -0.419. The summed E-state index contributed by atoms with van der Waals surface area (Å²) >= 11 is -7.57. The van der Waals surface area contributed by atoms with Gasteiger partial charge in [0.05, 0.1) is 11.2 Å². The summed E-state index contributed by atoms with van der Waals surface area (Å²) in [6.45, 7) is 0.0561. The molecule has 2 atom stereocenters. The molecule has 0 spiro atoms. The van der Waals surface area contributed by atoms with E-state index < -0.39 is 149 Å². The number of halogens is 29. The van der Waals surface area contributed by atoms with E-state index in [9.17, 15) is 114 Å². The van der Waals surface area contributed by atoms with Crippen LogP contribution in [-0.2, 0) is 3.79 Å². The summed E-state index contributed by atoms with van der Waals surface area (Å²) in [5.41, 5.74) is -36.0. The smallest absolute Gasteiger partial charge is 0.463 e. The molecule has 0 amide bonds. The fourth-order valence-electron chi connectivity index (χ4n) is 6.02. The van der Waals surface area contributed by atoms with Gasteiger partial charge in [0.2, 0.25) is 0 Å². The molecule has 1 aromatic carbocycles. The van der Waals surface area contributed by atoms with Gasteiger partial charge in [-0.1, -0.05) is 13.8 Å². The van der Waals surface area contributed by atoms with Crippen LogP contribution >= 0.6 is 0 Å². The first-order valence-electron chi connectivity index (χ1n) is 13.5. The van der Waals surface area contributed by atoms with Gasteiger partial charge in [-0.05, 0) is 12.3 Å². The fraction of sp³-hybridized carbons (Fsp3) is 0.600. The van der Waals surface area contributed by atoms with Crippen molar-refractivity contribution < 1.29 is 130 Å². The lowest BCUT2D eigenvalue weighted by Gasteiger charge is -2.55. The van der Waals surface area contributed by atoms with Crippen molar-refractivity contribution in [3.63, 3.8) is 0 Å². The van der Waals surface area contributed by atoms with Gasteiger partial charge >= 0.3 is 58.2 Å². The summed E-state index contributed by atoms with van der Waals surface area (Å²) in [6, 6.07) is 0. The van der Waals surface area contributed by atoms with E-state index in [1.165, 1.54) is 0 Å². The van der Waals surface area contributed by atoms with Gasteiger partial charge < -0.3 is 7.31 Å². The highest BCUT2D eigenvalue weighted by molar-refractivity contribution is 6.61. The average Bonchev–Trinajstić information content (AvgIpc) is 2.89. The molecule has 31 heteroatoms. The first kappa shape index (κ1) is 49.3. The second-order valence-corrected chi connectivity index (χ2v) is 13.2. The van der Waals surface area contributed by atoms with E-state index in [1.54, 1.807) is 0 Å². The van der Waals surface area contributed by atoms with Gasteiger partial charge in [-0.2, -0.15) is 92.2 Å². The van der Waals surface area contributed by atoms with Gasteiger partial charge in [0.15, 0.2) is 29.1 Å². The predicted molar refractivity (Wildman–Crippen MR) is 123 cm³/mol. The van der Waals surface area contributed by atoms with E-state index in [1.807, 2.05) is 0 Å². The Morgan fingerprint density at radius 2 is 0.821 bits per heavy atom. The number of hydrogen-bond acceptors (Lipinski definition) is 1. The lowest BCUT2D eigenvalue weighted by Crippen LogP contribution is -2.70. The zero-order chi connectivity index (χ0) is 44.9. The summed E-state index contributed by atoms with van der Waals surface area (Å²) < 4.78 is 419. The monoisotopic (exact) mass is 904 g/mol. The molecule has 0 saturated heterocycles. The Balaban J connectivity index is 3.84. The van der Waals surface area contributed by atoms with Crippen molar-refractivity contribution in [2.45, 2.75) is 69.1 Å². The van der Waals surface area contributed by atoms with Crippen LogP contribution in [0.4, 0.5) is 126 Å². The third-order valence-corrected chi connectivity index (χ3v) is 9.53. The summed E-state index contributed by atoms with van der Waals surface area (Å²) in [7, 11) is 0. The molecular formula is C25H10AlF29O. The molecule has 0 saturated carbocycles. The van der Waals surface area contributed by atoms with Crippen molar-refractivity contribution >= 4 is 19.4 Å². The SMILES string of the molecule is CC(C)CC1([O][Al]([F])[c]2c(F)c(F)c(F)c(F)c2F)C(C(C(F)(F)F)(C(F)(F)F)C(F)(F)F)=C(F)C(C(C(F)(F)F)(C(F)(F)F)C(F)(F)F)=C(F)C1C(F)(F)F. The Morgan fingerprint density at radius 3 is 1.09 bits per heavy atom. The van der Waals surface area contributed by atoms with Crippen molar-refractivity contribution in [1.29, 1.82) is 0 Å². The van der Waals surface area contributed by atoms with Crippen molar-refractivity contribution in [3.8, 4) is 0 Å². The number of alkyl halides is 21. The van der Waals surface area contributed by atoms with Crippen molar-refractivity contribution in [2.24, 2.45) is 22.7 Å². The van der Waals surface area contributed by atoms with E-state index in [4.69, 9.17) is 0 Å². The fourth-order valence-corrected chi connectivity index (χ4v) is 7.51. The van der Waals surface area contributed by atoms with Gasteiger partial charge in [-0.25, -0.2) is 30.7 Å². The summed E-state index contributed by atoms with van der Waals surface area (Å²) in [6.07, 6.45) is -64.1. The van der Waals surface area contributed by atoms with Gasteiger partial charge in [0, 0.05) is 10.00 Å². The number of hydrogen-bond donors (Lipinski definition) is 0. The van der Waals surface area contributed by atoms with E-state index in [0.717, 1.165) is 0 Å². The Morgan fingerprint density at radius 1 is 0.518 bits per heavy atom. The molecule has 0 radical (unpaired) electrons. The summed E-state index contributed by atoms with van der Waals surface area (Å²) in [4.78, 5) is 0. The first-order chi connectivity index (χ1) is 24.4. The highest BCUT2D eigenvalue weighted by atomic mass is 27.3. The van der Waals surface area contributed by atoms with Crippen LogP contribution in [0.2, 0.25) is 0 Å². The second kappa shape index (κ2) is 14.2. The quantitative estimate of drug-likeness (QED) is 0.115. The topological polar surface area (TPSA) is 9.23 Å². The van der Waals surface area contributed by atoms with Crippen LogP contribution in [0.3, 0.4) is 0 Å². The zero-order valence-corrected chi connectivity index (χ0v) is 27.0. The van der Waals surface area contributed by atoms with Crippen molar-refractivity contribution in [1.82, 2.24) is 0 Å². The van der Waals surface area contributed by atoms with Crippen LogP contribution < -0.4 is 4.43 Å². The molecule has 2 rings (SSSR count). The van der Waals surface area contributed by atoms with Crippen LogP contribution in [-0.4, -0.2) is 63.8 Å². The minimum Gasteiger partial charge on any atom is -0.463 e. The van der Waals surface area contributed by atoms with Crippen LogP contribution in [0.5, 0.6) is 0 Å². The molecule has 0 heterocycles. The highest BCUT2D eigenvalue weighted by Gasteiger charge is 2.92. The van der Waals surface area contributed by atoms with E-state index in [-0.39, 0.29) is 13.8 Å². The first-order valence-corrected chi connectivity index (χ1v) is 15.0. The third-order valence-electron chi connectivity index (χ3n) is 7.95. The number of benzene rings is 1. The van der Waals surface area contributed by atoms with Crippen molar-refractivity contribution in [2.75, 3.05) is 0 Å². The minimum absolute atomic E-state index is 0.0281. The van der Waals surface area contributed by atoms with Crippen LogP contribution in [0.15, 0.2) is 22.8 Å². The largest absolute Gasteiger partial charge is 0.766 e. The molecule has 1 aliphatic rings. The lowest BCUT2D eigenvalue weighted by atomic mass is 9.57. The second-order valence-electron chi connectivity index (χ2n) is 11.8. The molecule has 56 heavy (non-hydrogen) atoms.